The number of rotatable bonds is 3. The molecule has 0 spiro atoms. The summed E-state index contributed by atoms with van der Waals surface area (Å²) in [5, 5.41) is 8.08. The molecular formula is C30H36NOP. The molecule has 0 aromatic heterocycles. The third-order valence-electron chi connectivity index (χ3n) is 9.90. The molecule has 33 heavy (non-hydrogen) atoms. The van der Waals surface area contributed by atoms with E-state index in [0.717, 1.165) is 37.0 Å². The molecule has 1 N–H and O–H groups in total. The fourth-order valence-corrected chi connectivity index (χ4v) is 11.0. The predicted molar refractivity (Wildman–Crippen MR) is 138 cm³/mol. The lowest BCUT2D eigenvalue weighted by atomic mass is 9.47. The van der Waals surface area contributed by atoms with Crippen molar-refractivity contribution in [1.82, 2.24) is 5.32 Å². The van der Waals surface area contributed by atoms with Crippen LogP contribution in [0.1, 0.15) is 58.8 Å². The molecule has 2 aromatic rings. The van der Waals surface area contributed by atoms with E-state index < -0.39 is 7.92 Å². The molecule has 6 rings (SSSR count). The highest BCUT2D eigenvalue weighted by atomic mass is 31.1. The van der Waals surface area contributed by atoms with Gasteiger partial charge in [-0.25, -0.2) is 0 Å². The molecule has 2 saturated carbocycles. The standard InChI is InChI=1S/C30H36NOP/c1-29-20-18-28(32)31-26(29)15-13-23-24-14-16-27(30(24,2)19-17-25(23)29)33(21-9-5-3-6-10-21)22-11-7-4-8-12-22/h3-12,16,23-26H,13-15,17-20H2,1-2H3,(H,31,32)/t23-,24-,25-,26?,29+,30-/m0/s1. The van der Waals surface area contributed by atoms with Gasteiger partial charge in [0.2, 0.25) is 5.91 Å². The molecule has 172 valence electrons. The Labute approximate surface area is 200 Å². The van der Waals surface area contributed by atoms with Crippen LogP contribution in [0.3, 0.4) is 0 Å². The molecule has 6 atom stereocenters. The zero-order valence-corrected chi connectivity index (χ0v) is 20.9. The smallest absolute Gasteiger partial charge is 0.220 e. The van der Waals surface area contributed by atoms with E-state index in [1.807, 2.05) is 0 Å². The van der Waals surface area contributed by atoms with Gasteiger partial charge in [-0.15, -0.1) is 0 Å². The normalized spacial score (nSPS) is 37.5. The maximum atomic E-state index is 12.1. The van der Waals surface area contributed by atoms with Crippen molar-refractivity contribution in [3.05, 3.63) is 72.1 Å². The van der Waals surface area contributed by atoms with Gasteiger partial charge in [-0.1, -0.05) is 80.6 Å². The summed E-state index contributed by atoms with van der Waals surface area (Å²) in [5.74, 6) is 2.57. The Balaban J connectivity index is 1.35. The summed E-state index contributed by atoms with van der Waals surface area (Å²) in [4.78, 5) is 12.1. The van der Waals surface area contributed by atoms with Crippen LogP contribution in [0.25, 0.3) is 0 Å². The van der Waals surface area contributed by atoms with Gasteiger partial charge in [0.1, 0.15) is 0 Å². The van der Waals surface area contributed by atoms with Gasteiger partial charge < -0.3 is 5.32 Å². The topological polar surface area (TPSA) is 29.1 Å². The first-order chi connectivity index (χ1) is 16.0. The first-order valence-electron chi connectivity index (χ1n) is 12.9. The molecule has 1 amide bonds. The highest BCUT2D eigenvalue weighted by Crippen LogP contribution is 2.68. The van der Waals surface area contributed by atoms with Crippen LogP contribution in [0.2, 0.25) is 0 Å². The molecule has 2 nitrogen and oxygen atoms in total. The van der Waals surface area contributed by atoms with Gasteiger partial charge in [0, 0.05) is 12.5 Å². The van der Waals surface area contributed by atoms with Crippen molar-refractivity contribution in [1.29, 1.82) is 0 Å². The van der Waals surface area contributed by atoms with Crippen molar-refractivity contribution >= 4 is 24.4 Å². The van der Waals surface area contributed by atoms with Crippen molar-refractivity contribution in [2.75, 3.05) is 0 Å². The van der Waals surface area contributed by atoms with Crippen LogP contribution < -0.4 is 15.9 Å². The summed E-state index contributed by atoms with van der Waals surface area (Å²) in [7, 11) is -0.499. The first-order valence-corrected chi connectivity index (χ1v) is 14.2. The molecule has 1 aliphatic heterocycles. The van der Waals surface area contributed by atoms with Gasteiger partial charge in [0.05, 0.1) is 0 Å². The number of carbonyl (C=O) groups is 1. The van der Waals surface area contributed by atoms with Gasteiger partial charge >= 0.3 is 0 Å². The molecule has 3 aliphatic carbocycles. The van der Waals surface area contributed by atoms with E-state index in [1.165, 1.54) is 36.3 Å². The molecule has 3 heteroatoms. The number of benzene rings is 2. The fourth-order valence-electron chi connectivity index (χ4n) is 8.17. The average molecular weight is 458 g/mol. The lowest BCUT2D eigenvalue weighted by Crippen LogP contribution is -2.60. The lowest BCUT2D eigenvalue weighted by molar-refractivity contribution is -0.134. The first kappa shape index (κ1) is 21.6. The average Bonchev–Trinajstić information content (AvgIpc) is 3.18. The summed E-state index contributed by atoms with van der Waals surface area (Å²) in [6, 6.07) is 22.9. The Kier molecular flexibility index (Phi) is 5.29. The van der Waals surface area contributed by atoms with E-state index in [9.17, 15) is 4.79 Å². The molecule has 1 unspecified atom stereocenters. The Morgan fingerprint density at radius 1 is 0.848 bits per heavy atom. The van der Waals surface area contributed by atoms with Crippen LogP contribution in [-0.4, -0.2) is 11.9 Å². The molecule has 4 aliphatic rings. The van der Waals surface area contributed by atoms with Gasteiger partial charge in [-0.05, 0) is 91.0 Å². The second-order valence-corrected chi connectivity index (χ2v) is 13.6. The Hall–Kier alpha value is -1.92. The van der Waals surface area contributed by atoms with Crippen LogP contribution in [0.4, 0.5) is 0 Å². The van der Waals surface area contributed by atoms with Crippen LogP contribution in [0.15, 0.2) is 72.1 Å². The van der Waals surface area contributed by atoms with Gasteiger partial charge in [-0.3, -0.25) is 4.79 Å². The molecular weight excluding hydrogens is 421 g/mol. The SMILES string of the molecule is C[C@]12CCC(=O)NC1CC[C@@H]1[C@@H]2CC[C@]2(C)C(P(c3ccccc3)c3ccccc3)=CC[C@@H]12. The van der Waals surface area contributed by atoms with E-state index in [2.05, 4.69) is 85.9 Å². The fraction of sp³-hybridized carbons (Fsp3) is 0.500. The summed E-state index contributed by atoms with van der Waals surface area (Å²) in [5.41, 5.74) is 0.574. The summed E-state index contributed by atoms with van der Waals surface area (Å²) in [6.45, 7) is 5.10. The number of amides is 1. The second-order valence-electron chi connectivity index (χ2n) is 11.4. The van der Waals surface area contributed by atoms with Crippen molar-refractivity contribution in [2.45, 2.75) is 64.8 Å². The van der Waals surface area contributed by atoms with Crippen molar-refractivity contribution in [3.8, 4) is 0 Å². The Bertz CT molecular complexity index is 1030. The van der Waals surface area contributed by atoms with E-state index in [1.54, 1.807) is 5.31 Å². The third kappa shape index (κ3) is 3.35. The molecule has 0 radical (unpaired) electrons. The quantitative estimate of drug-likeness (QED) is 0.552. The van der Waals surface area contributed by atoms with Crippen molar-refractivity contribution in [2.24, 2.45) is 28.6 Å². The largest absolute Gasteiger partial charge is 0.353 e. The van der Waals surface area contributed by atoms with Gasteiger partial charge in [-0.2, -0.15) is 0 Å². The number of fused-ring (bicyclic) bond motifs is 5. The molecule has 1 saturated heterocycles. The van der Waals surface area contributed by atoms with Crippen molar-refractivity contribution < 1.29 is 4.79 Å². The number of hydrogen-bond acceptors (Lipinski definition) is 1. The third-order valence-corrected chi connectivity index (χ3v) is 12.7. The minimum absolute atomic E-state index is 0.276. The minimum atomic E-state index is -0.499. The second kappa shape index (κ2) is 8.09. The number of allylic oxidation sites excluding steroid dienone is 2. The van der Waals surface area contributed by atoms with E-state index in [-0.39, 0.29) is 11.3 Å². The summed E-state index contributed by atoms with van der Waals surface area (Å²) >= 11 is 0. The number of nitrogens with one attached hydrogen (secondary N) is 1. The molecule has 2 aromatic carbocycles. The zero-order valence-electron chi connectivity index (χ0n) is 20.0. The number of carbonyl (C=O) groups excluding carboxylic acids is 1. The molecule has 0 bridgehead atoms. The minimum Gasteiger partial charge on any atom is -0.353 e. The van der Waals surface area contributed by atoms with Crippen LogP contribution in [0.5, 0.6) is 0 Å². The zero-order chi connectivity index (χ0) is 22.6. The molecule has 3 fully saturated rings. The van der Waals surface area contributed by atoms with Crippen LogP contribution in [0, 0.1) is 28.6 Å². The van der Waals surface area contributed by atoms with E-state index in [4.69, 9.17) is 0 Å². The van der Waals surface area contributed by atoms with Gasteiger partial charge in [0.15, 0.2) is 0 Å². The lowest BCUT2D eigenvalue weighted by Gasteiger charge is -2.60. The number of hydrogen-bond donors (Lipinski definition) is 1. The van der Waals surface area contributed by atoms with Crippen molar-refractivity contribution in [3.63, 3.8) is 0 Å². The van der Waals surface area contributed by atoms with Crippen LogP contribution >= 0.6 is 7.92 Å². The molecule has 1 heterocycles. The predicted octanol–water partition coefficient (Wildman–Crippen LogP) is 6.13. The maximum absolute atomic E-state index is 12.1. The van der Waals surface area contributed by atoms with Crippen LogP contribution in [-0.2, 0) is 4.79 Å². The summed E-state index contributed by atoms with van der Waals surface area (Å²) < 4.78 is 0. The highest BCUT2D eigenvalue weighted by molar-refractivity contribution is 7.76. The van der Waals surface area contributed by atoms with E-state index in [0.29, 0.717) is 11.5 Å². The summed E-state index contributed by atoms with van der Waals surface area (Å²) in [6.07, 6.45) is 10.7. The maximum Gasteiger partial charge on any atom is 0.220 e. The van der Waals surface area contributed by atoms with E-state index >= 15 is 0 Å². The monoisotopic (exact) mass is 457 g/mol. The highest BCUT2D eigenvalue weighted by Gasteiger charge is 2.59. The Morgan fingerprint density at radius 2 is 1.52 bits per heavy atom. The number of piperidine rings is 1. The Morgan fingerprint density at radius 3 is 2.18 bits per heavy atom. The van der Waals surface area contributed by atoms with Gasteiger partial charge in [0.25, 0.3) is 0 Å².